The van der Waals surface area contributed by atoms with Crippen LogP contribution in [-0.4, -0.2) is 57.1 Å². The lowest BCUT2D eigenvalue weighted by molar-refractivity contribution is 0.0683. The van der Waals surface area contributed by atoms with E-state index in [0.717, 1.165) is 30.8 Å². The zero-order valence-corrected chi connectivity index (χ0v) is 9.89. The lowest BCUT2D eigenvalue weighted by Crippen LogP contribution is -2.29. The average Bonchev–Trinajstić information content (AvgIpc) is 2.47. The number of carboxylic acids is 1. The fourth-order valence-electron chi connectivity index (χ4n) is 2.37. The third kappa shape index (κ3) is 2.32. The molecule has 17 heavy (non-hydrogen) atoms. The Morgan fingerprint density at radius 3 is 2.76 bits per heavy atom. The van der Waals surface area contributed by atoms with E-state index < -0.39 is 5.97 Å². The Hall–Kier alpha value is -1.40. The van der Waals surface area contributed by atoms with Crippen molar-refractivity contribution in [2.75, 3.05) is 26.2 Å². The first-order valence-corrected chi connectivity index (χ1v) is 5.74. The number of aliphatic hydroxyl groups excluding tert-OH is 1. The SMILES string of the molecule is Cn1nc2c(c1C(=O)O)CCN(CCO)CC2. The van der Waals surface area contributed by atoms with Gasteiger partial charge in [0.25, 0.3) is 0 Å². The van der Waals surface area contributed by atoms with Crippen molar-refractivity contribution in [3.8, 4) is 0 Å². The van der Waals surface area contributed by atoms with Crippen molar-refractivity contribution < 1.29 is 15.0 Å². The summed E-state index contributed by atoms with van der Waals surface area (Å²) in [5.41, 5.74) is 2.02. The van der Waals surface area contributed by atoms with E-state index in [0.29, 0.717) is 18.7 Å². The standard InChI is InChI=1S/C11H17N3O3/c1-13-10(11(16)17)8-2-4-14(6-7-15)5-3-9(8)12-13/h15H,2-7H2,1H3,(H,16,17). The van der Waals surface area contributed by atoms with Gasteiger partial charge in [0.2, 0.25) is 0 Å². The second-order valence-electron chi connectivity index (χ2n) is 4.27. The summed E-state index contributed by atoms with van der Waals surface area (Å²) >= 11 is 0. The van der Waals surface area contributed by atoms with Gasteiger partial charge in [-0.3, -0.25) is 4.68 Å². The predicted molar refractivity (Wildman–Crippen MR) is 61.1 cm³/mol. The number of aromatic carboxylic acids is 1. The van der Waals surface area contributed by atoms with E-state index >= 15 is 0 Å². The Kier molecular flexibility index (Phi) is 3.44. The van der Waals surface area contributed by atoms with E-state index in [1.807, 2.05) is 0 Å². The lowest BCUT2D eigenvalue weighted by atomic mass is 10.1. The Balaban J connectivity index is 2.24. The fourth-order valence-corrected chi connectivity index (χ4v) is 2.37. The van der Waals surface area contributed by atoms with Gasteiger partial charge in [0.05, 0.1) is 12.3 Å². The Labute approximate surface area is 99.5 Å². The van der Waals surface area contributed by atoms with Gasteiger partial charge >= 0.3 is 5.97 Å². The van der Waals surface area contributed by atoms with Crippen molar-refractivity contribution in [3.05, 3.63) is 17.0 Å². The topological polar surface area (TPSA) is 78.6 Å². The van der Waals surface area contributed by atoms with Gasteiger partial charge in [0.15, 0.2) is 0 Å². The number of fused-ring (bicyclic) bond motifs is 1. The van der Waals surface area contributed by atoms with Gasteiger partial charge in [-0.2, -0.15) is 5.10 Å². The number of carboxylic acid groups (broad SMARTS) is 1. The van der Waals surface area contributed by atoms with Gasteiger partial charge in [-0.05, 0) is 6.42 Å². The van der Waals surface area contributed by atoms with Crippen LogP contribution in [0.2, 0.25) is 0 Å². The normalized spacial score (nSPS) is 16.6. The first-order valence-electron chi connectivity index (χ1n) is 5.74. The van der Waals surface area contributed by atoms with E-state index in [-0.39, 0.29) is 6.61 Å². The second kappa shape index (κ2) is 4.85. The number of hydrogen-bond acceptors (Lipinski definition) is 4. The van der Waals surface area contributed by atoms with E-state index in [2.05, 4.69) is 10.00 Å². The molecular formula is C11H17N3O3. The number of aromatic nitrogens is 2. The quantitative estimate of drug-likeness (QED) is 0.744. The van der Waals surface area contributed by atoms with Crippen molar-refractivity contribution in [2.24, 2.45) is 7.05 Å². The fraction of sp³-hybridized carbons (Fsp3) is 0.636. The van der Waals surface area contributed by atoms with Crippen LogP contribution in [-0.2, 0) is 19.9 Å². The van der Waals surface area contributed by atoms with Crippen LogP contribution in [0.15, 0.2) is 0 Å². The van der Waals surface area contributed by atoms with E-state index in [4.69, 9.17) is 10.2 Å². The smallest absolute Gasteiger partial charge is 0.354 e. The minimum atomic E-state index is -0.920. The summed E-state index contributed by atoms with van der Waals surface area (Å²) in [6, 6.07) is 0. The summed E-state index contributed by atoms with van der Waals surface area (Å²) < 4.78 is 1.45. The van der Waals surface area contributed by atoms with E-state index in [9.17, 15) is 4.79 Å². The molecule has 1 aliphatic rings. The Bertz CT molecular complexity index is 428. The number of carbonyl (C=O) groups is 1. The largest absolute Gasteiger partial charge is 0.477 e. The molecule has 0 unspecified atom stereocenters. The molecule has 0 saturated carbocycles. The third-order valence-corrected chi connectivity index (χ3v) is 3.19. The maximum atomic E-state index is 11.2. The molecule has 0 aliphatic carbocycles. The monoisotopic (exact) mass is 239 g/mol. The van der Waals surface area contributed by atoms with Crippen molar-refractivity contribution in [3.63, 3.8) is 0 Å². The van der Waals surface area contributed by atoms with Gasteiger partial charge in [-0.1, -0.05) is 0 Å². The summed E-state index contributed by atoms with van der Waals surface area (Å²) in [5.74, 6) is -0.920. The second-order valence-corrected chi connectivity index (χ2v) is 4.27. The minimum Gasteiger partial charge on any atom is -0.477 e. The highest BCUT2D eigenvalue weighted by Gasteiger charge is 2.24. The Morgan fingerprint density at radius 1 is 1.41 bits per heavy atom. The van der Waals surface area contributed by atoms with Crippen molar-refractivity contribution in [1.29, 1.82) is 0 Å². The molecule has 1 aromatic heterocycles. The van der Waals surface area contributed by atoms with Crippen LogP contribution in [0.4, 0.5) is 0 Å². The number of nitrogens with zero attached hydrogens (tertiary/aromatic N) is 3. The van der Waals surface area contributed by atoms with Crippen LogP contribution < -0.4 is 0 Å². The highest BCUT2D eigenvalue weighted by Crippen LogP contribution is 2.19. The number of hydrogen-bond donors (Lipinski definition) is 2. The highest BCUT2D eigenvalue weighted by molar-refractivity contribution is 5.87. The summed E-state index contributed by atoms with van der Waals surface area (Å²) in [5, 5.41) is 22.3. The zero-order valence-electron chi connectivity index (χ0n) is 9.89. The molecule has 0 bridgehead atoms. The molecule has 1 aromatic rings. The van der Waals surface area contributed by atoms with Crippen LogP contribution in [0.1, 0.15) is 21.7 Å². The molecule has 6 heteroatoms. The molecule has 0 aromatic carbocycles. The van der Waals surface area contributed by atoms with Crippen LogP contribution >= 0.6 is 0 Å². The summed E-state index contributed by atoms with van der Waals surface area (Å²) in [6.45, 7) is 2.37. The van der Waals surface area contributed by atoms with Crippen LogP contribution in [0.25, 0.3) is 0 Å². The van der Waals surface area contributed by atoms with Crippen LogP contribution in [0.3, 0.4) is 0 Å². The molecule has 2 N–H and O–H groups in total. The average molecular weight is 239 g/mol. The molecule has 2 rings (SSSR count). The van der Waals surface area contributed by atoms with Gasteiger partial charge in [-0.25, -0.2) is 4.79 Å². The lowest BCUT2D eigenvalue weighted by Gasteiger charge is -2.17. The van der Waals surface area contributed by atoms with Gasteiger partial charge in [-0.15, -0.1) is 0 Å². The van der Waals surface area contributed by atoms with Gasteiger partial charge < -0.3 is 15.1 Å². The highest BCUT2D eigenvalue weighted by atomic mass is 16.4. The molecule has 2 heterocycles. The van der Waals surface area contributed by atoms with Crippen LogP contribution in [0.5, 0.6) is 0 Å². The molecule has 0 spiro atoms. The van der Waals surface area contributed by atoms with E-state index in [1.54, 1.807) is 7.05 Å². The number of aryl methyl sites for hydroxylation is 1. The molecule has 0 fully saturated rings. The van der Waals surface area contributed by atoms with Crippen LogP contribution in [0, 0.1) is 0 Å². The summed E-state index contributed by atoms with van der Waals surface area (Å²) in [6.07, 6.45) is 1.43. The molecule has 0 atom stereocenters. The number of rotatable bonds is 3. The molecule has 94 valence electrons. The van der Waals surface area contributed by atoms with Crippen molar-refractivity contribution in [1.82, 2.24) is 14.7 Å². The molecule has 6 nitrogen and oxygen atoms in total. The molecule has 0 saturated heterocycles. The van der Waals surface area contributed by atoms with E-state index in [1.165, 1.54) is 4.68 Å². The molecule has 0 radical (unpaired) electrons. The predicted octanol–water partition coefficient (Wildman–Crippen LogP) is -0.489. The molecular weight excluding hydrogens is 222 g/mol. The third-order valence-electron chi connectivity index (χ3n) is 3.19. The summed E-state index contributed by atoms with van der Waals surface area (Å²) in [7, 11) is 1.67. The maximum absolute atomic E-state index is 11.2. The molecule has 0 amide bonds. The maximum Gasteiger partial charge on any atom is 0.354 e. The summed E-state index contributed by atoms with van der Waals surface area (Å²) in [4.78, 5) is 13.3. The number of aliphatic hydroxyl groups is 1. The Morgan fingerprint density at radius 2 is 2.12 bits per heavy atom. The van der Waals surface area contributed by atoms with Gasteiger partial charge in [0, 0.05) is 38.7 Å². The zero-order chi connectivity index (χ0) is 12.4. The number of β-amino-alcohol motifs (C(OH)–C–C–N with tert-alkyl or cyclic N) is 1. The van der Waals surface area contributed by atoms with Gasteiger partial charge in [0.1, 0.15) is 5.69 Å². The van der Waals surface area contributed by atoms with Crippen molar-refractivity contribution >= 4 is 5.97 Å². The van der Waals surface area contributed by atoms with Crippen molar-refractivity contribution in [2.45, 2.75) is 12.8 Å². The molecule has 1 aliphatic heterocycles. The minimum absolute atomic E-state index is 0.136. The first kappa shape index (κ1) is 12.1. The first-order chi connectivity index (χ1) is 8.13.